The van der Waals surface area contributed by atoms with Gasteiger partial charge in [0.1, 0.15) is 11.5 Å². The zero-order chi connectivity index (χ0) is 19.3. The first kappa shape index (κ1) is 20.3. The minimum absolute atomic E-state index is 0.158. The third kappa shape index (κ3) is 4.77. The molecule has 0 bridgehead atoms. The van der Waals surface area contributed by atoms with Crippen LogP contribution in [-0.4, -0.2) is 22.1 Å². The van der Waals surface area contributed by atoms with Crippen molar-refractivity contribution in [1.82, 2.24) is 4.72 Å². The molecule has 6 heteroatoms. The van der Waals surface area contributed by atoms with Crippen LogP contribution in [0.2, 0.25) is 0 Å². The van der Waals surface area contributed by atoms with Crippen LogP contribution in [0.3, 0.4) is 0 Å². The van der Waals surface area contributed by atoms with Crippen LogP contribution >= 0.6 is 0 Å². The summed E-state index contributed by atoms with van der Waals surface area (Å²) in [5, 5.41) is 0. The molecule has 0 atom stereocenters. The fourth-order valence-corrected chi connectivity index (χ4v) is 4.00. The topological polar surface area (TPSA) is 64.6 Å². The van der Waals surface area contributed by atoms with E-state index in [4.69, 9.17) is 9.47 Å². The van der Waals surface area contributed by atoms with Gasteiger partial charge in [-0.2, -0.15) is 0 Å². The summed E-state index contributed by atoms with van der Waals surface area (Å²) in [5.41, 5.74) is 2.40. The lowest BCUT2D eigenvalue weighted by atomic mass is 10.0. The van der Waals surface area contributed by atoms with Crippen LogP contribution in [0.4, 0.5) is 0 Å². The van der Waals surface area contributed by atoms with Gasteiger partial charge in [-0.05, 0) is 60.7 Å². The van der Waals surface area contributed by atoms with Crippen LogP contribution < -0.4 is 14.2 Å². The van der Waals surface area contributed by atoms with E-state index in [1.807, 2.05) is 45.0 Å². The van der Waals surface area contributed by atoms with Gasteiger partial charge in [-0.25, -0.2) is 13.1 Å². The predicted octanol–water partition coefficient (Wildman–Crippen LogP) is 4.00. The van der Waals surface area contributed by atoms with Crippen molar-refractivity contribution in [3.05, 3.63) is 53.1 Å². The van der Waals surface area contributed by atoms with Gasteiger partial charge in [0.25, 0.3) is 0 Å². The minimum Gasteiger partial charge on any atom is -0.496 e. The Morgan fingerprint density at radius 1 is 1.12 bits per heavy atom. The van der Waals surface area contributed by atoms with Gasteiger partial charge < -0.3 is 9.47 Å². The fourth-order valence-electron chi connectivity index (χ4n) is 2.72. The van der Waals surface area contributed by atoms with Crippen LogP contribution in [0.15, 0.2) is 41.3 Å². The Balaban J connectivity index is 2.23. The van der Waals surface area contributed by atoms with Gasteiger partial charge in [-0.1, -0.05) is 26.0 Å². The number of hydrogen-bond donors (Lipinski definition) is 1. The van der Waals surface area contributed by atoms with Gasteiger partial charge in [0.15, 0.2) is 0 Å². The largest absolute Gasteiger partial charge is 0.496 e. The van der Waals surface area contributed by atoms with Crippen molar-refractivity contribution in [1.29, 1.82) is 0 Å². The van der Waals surface area contributed by atoms with Crippen LogP contribution in [0, 0.1) is 6.92 Å². The Labute approximate surface area is 156 Å². The summed E-state index contributed by atoms with van der Waals surface area (Å²) in [4.78, 5) is 0.285. The lowest BCUT2D eigenvalue weighted by Gasteiger charge is -2.16. The average molecular weight is 378 g/mol. The Kier molecular flexibility index (Phi) is 6.67. The van der Waals surface area contributed by atoms with Crippen molar-refractivity contribution in [2.45, 2.75) is 45.1 Å². The second-order valence-electron chi connectivity index (χ2n) is 6.42. The standard InChI is InChI=1S/C20H27NO4S/c1-6-25-17-9-7-16(8-10-17)13-21-26(22,23)20-12-18(14(2)3)19(24-5)11-15(20)4/h7-12,14,21H,6,13H2,1-5H3. The van der Waals surface area contributed by atoms with E-state index < -0.39 is 10.0 Å². The number of rotatable bonds is 8. The highest BCUT2D eigenvalue weighted by Gasteiger charge is 2.20. The van der Waals surface area contributed by atoms with Crippen molar-refractivity contribution in [2.75, 3.05) is 13.7 Å². The summed E-state index contributed by atoms with van der Waals surface area (Å²) in [6, 6.07) is 10.9. The van der Waals surface area contributed by atoms with E-state index in [-0.39, 0.29) is 17.4 Å². The number of hydrogen-bond acceptors (Lipinski definition) is 4. The molecule has 0 spiro atoms. The maximum absolute atomic E-state index is 12.8. The smallest absolute Gasteiger partial charge is 0.241 e. The zero-order valence-electron chi connectivity index (χ0n) is 16.0. The number of methoxy groups -OCH3 is 1. The third-order valence-corrected chi connectivity index (χ3v) is 5.68. The Morgan fingerprint density at radius 2 is 1.77 bits per heavy atom. The maximum atomic E-state index is 12.8. The van der Waals surface area contributed by atoms with Crippen LogP contribution in [-0.2, 0) is 16.6 Å². The highest BCUT2D eigenvalue weighted by molar-refractivity contribution is 7.89. The second-order valence-corrected chi connectivity index (χ2v) is 8.15. The van der Waals surface area contributed by atoms with E-state index in [1.165, 1.54) is 0 Å². The van der Waals surface area contributed by atoms with Crippen LogP contribution in [0.25, 0.3) is 0 Å². The van der Waals surface area contributed by atoms with Gasteiger partial charge in [0, 0.05) is 6.54 Å². The summed E-state index contributed by atoms with van der Waals surface area (Å²) < 4.78 is 39.1. The molecular formula is C20H27NO4S. The van der Waals surface area contributed by atoms with E-state index in [1.54, 1.807) is 26.2 Å². The van der Waals surface area contributed by atoms with E-state index >= 15 is 0 Å². The van der Waals surface area contributed by atoms with E-state index in [0.717, 1.165) is 16.9 Å². The second kappa shape index (κ2) is 8.56. The predicted molar refractivity (Wildman–Crippen MR) is 103 cm³/mol. The van der Waals surface area contributed by atoms with Crippen molar-refractivity contribution in [3.8, 4) is 11.5 Å². The van der Waals surface area contributed by atoms with Crippen molar-refractivity contribution in [2.24, 2.45) is 0 Å². The Bertz CT molecular complexity index is 843. The zero-order valence-corrected chi connectivity index (χ0v) is 16.8. The molecule has 0 aromatic heterocycles. The summed E-state index contributed by atoms with van der Waals surface area (Å²) in [6.07, 6.45) is 0. The van der Waals surface area contributed by atoms with Gasteiger partial charge in [0.05, 0.1) is 18.6 Å². The molecule has 0 heterocycles. The number of aryl methyl sites for hydroxylation is 1. The molecule has 2 rings (SSSR count). The van der Waals surface area contributed by atoms with Gasteiger partial charge in [-0.3, -0.25) is 0 Å². The van der Waals surface area contributed by atoms with Crippen molar-refractivity contribution < 1.29 is 17.9 Å². The first-order chi connectivity index (χ1) is 12.3. The molecule has 2 aromatic rings. The van der Waals surface area contributed by atoms with Gasteiger partial charge in [0.2, 0.25) is 10.0 Å². The summed E-state index contributed by atoms with van der Waals surface area (Å²) in [6.45, 7) is 8.54. The highest BCUT2D eigenvalue weighted by atomic mass is 32.2. The molecule has 0 saturated carbocycles. The molecule has 0 radical (unpaired) electrons. The van der Waals surface area contributed by atoms with Gasteiger partial charge >= 0.3 is 0 Å². The molecule has 0 unspecified atom stereocenters. The third-order valence-electron chi connectivity index (χ3n) is 4.14. The lowest BCUT2D eigenvalue weighted by Crippen LogP contribution is -2.24. The molecule has 142 valence electrons. The number of ether oxygens (including phenoxy) is 2. The first-order valence-electron chi connectivity index (χ1n) is 8.68. The fraction of sp³-hybridized carbons (Fsp3) is 0.400. The molecule has 0 aliphatic heterocycles. The van der Waals surface area contributed by atoms with Crippen molar-refractivity contribution >= 4 is 10.0 Å². The summed E-state index contributed by atoms with van der Waals surface area (Å²) in [5.74, 6) is 1.64. The quantitative estimate of drug-likeness (QED) is 0.755. The minimum atomic E-state index is -3.63. The molecule has 0 aliphatic carbocycles. The lowest BCUT2D eigenvalue weighted by molar-refractivity contribution is 0.340. The maximum Gasteiger partial charge on any atom is 0.241 e. The Morgan fingerprint density at radius 3 is 2.31 bits per heavy atom. The number of nitrogens with one attached hydrogen (secondary N) is 1. The highest BCUT2D eigenvalue weighted by Crippen LogP contribution is 2.31. The summed E-state index contributed by atoms with van der Waals surface area (Å²) >= 11 is 0. The average Bonchev–Trinajstić information content (AvgIpc) is 2.60. The SMILES string of the molecule is CCOc1ccc(CNS(=O)(=O)c2cc(C(C)C)c(OC)cc2C)cc1. The normalized spacial score (nSPS) is 11.6. The number of benzene rings is 2. The van der Waals surface area contributed by atoms with Crippen LogP contribution in [0.5, 0.6) is 11.5 Å². The Hall–Kier alpha value is -2.05. The van der Waals surface area contributed by atoms with E-state index in [2.05, 4.69) is 4.72 Å². The van der Waals surface area contributed by atoms with E-state index in [0.29, 0.717) is 17.9 Å². The number of sulfonamides is 1. The van der Waals surface area contributed by atoms with E-state index in [9.17, 15) is 8.42 Å². The van der Waals surface area contributed by atoms with Crippen molar-refractivity contribution in [3.63, 3.8) is 0 Å². The molecule has 0 saturated heterocycles. The van der Waals surface area contributed by atoms with Crippen LogP contribution in [0.1, 0.15) is 43.4 Å². The van der Waals surface area contributed by atoms with Gasteiger partial charge in [-0.15, -0.1) is 0 Å². The molecule has 2 aromatic carbocycles. The molecular weight excluding hydrogens is 350 g/mol. The monoisotopic (exact) mass is 377 g/mol. The molecule has 26 heavy (non-hydrogen) atoms. The molecule has 0 fully saturated rings. The molecule has 0 aliphatic rings. The molecule has 1 N–H and O–H groups in total. The summed E-state index contributed by atoms with van der Waals surface area (Å²) in [7, 11) is -2.03. The molecule has 0 amide bonds. The molecule has 5 nitrogen and oxygen atoms in total. The first-order valence-corrected chi connectivity index (χ1v) is 10.2.